The predicted molar refractivity (Wildman–Crippen MR) is 419 cm³/mol. The third-order valence-electron chi connectivity index (χ3n) is 21.3. The van der Waals surface area contributed by atoms with Gasteiger partial charge in [0.15, 0.2) is 5.69 Å². The molecular formula is C93H56N8. The molecule has 0 fully saturated rings. The molecule has 6 aromatic heterocycles. The van der Waals surface area contributed by atoms with Gasteiger partial charge in [-0.05, 0) is 158 Å². The summed E-state index contributed by atoms with van der Waals surface area (Å²) >= 11 is 0. The average molecular weight is 1290 g/mol. The molecule has 6 heterocycles. The van der Waals surface area contributed by atoms with E-state index in [1.165, 1.54) is 43.1 Å². The number of aromatic nitrogens is 6. The lowest BCUT2D eigenvalue weighted by Crippen LogP contribution is -2.03. The Hall–Kier alpha value is -13.9. The maximum absolute atomic E-state index is 11.2. The molecule has 0 radical (unpaired) electrons. The Kier molecular flexibility index (Phi) is 12.0. The molecule has 0 bridgehead atoms. The zero-order chi connectivity index (χ0) is 66.7. The van der Waals surface area contributed by atoms with Gasteiger partial charge in [-0.3, -0.25) is 0 Å². The molecule has 8 heteroatoms. The van der Waals surface area contributed by atoms with E-state index in [0.29, 0.717) is 11.3 Å². The molecule has 468 valence electrons. The van der Waals surface area contributed by atoms with E-state index in [9.17, 15) is 5.26 Å². The Morgan fingerprint density at radius 1 is 0.257 bits per heavy atom. The van der Waals surface area contributed by atoms with E-state index in [0.717, 1.165) is 150 Å². The number of hydrogen-bond acceptors (Lipinski definition) is 1. The van der Waals surface area contributed by atoms with E-state index >= 15 is 0 Å². The summed E-state index contributed by atoms with van der Waals surface area (Å²) < 4.78 is 14.5. The van der Waals surface area contributed by atoms with Crippen molar-refractivity contribution in [3.8, 4) is 62.4 Å². The maximum atomic E-state index is 11.2. The van der Waals surface area contributed by atoms with Crippen LogP contribution >= 0.6 is 0 Å². The molecule has 8 nitrogen and oxygen atoms in total. The van der Waals surface area contributed by atoms with Crippen molar-refractivity contribution in [1.29, 1.82) is 5.26 Å². The van der Waals surface area contributed by atoms with Gasteiger partial charge in [0.1, 0.15) is 0 Å². The molecule has 0 spiro atoms. The number of fused-ring (bicyclic) bond motifs is 18. The second-order valence-corrected chi connectivity index (χ2v) is 26.7. The van der Waals surface area contributed by atoms with E-state index < -0.39 is 0 Å². The van der Waals surface area contributed by atoms with Crippen molar-refractivity contribution in [1.82, 2.24) is 27.4 Å². The third kappa shape index (κ3) is 8.16. The molecule has 21 aromatic rings. The van der Waals surface area contributed by atoms with Crippen LogP contribution in [0.25, 0.3) is 192 Å². The van der Waals surface area contributed by atoms with Gasteiger partial charge < -0.3 is 27.4 Å². The van der Waals surface area contributed by atoms with Gasteiger partial charge >= 0.3 is 0 Å². The number of para-hydroxylation sites is 8. The van der Waals surface area contributed by atoms with Gasteiger partial charge in [0.05, 0.1) is 95.8 Å². The van der Waals surface area contributed by atoms with E-state index in [2.05, 4.69) is 348 Å². The average Bonchev–Trinajstić information content (AvgIpc) is 1.57. The Morgan fingerprint density at radius 2 is 0.535 bits per heavy atom. The molecule has 0 unspecified atom stereocenters. The fourth-order valence-electron chi connectivity index (χ4n) is 17.0. The Bertz CT molecular complexity index is 6710. The first-order valence-corrected chi connectivity index (χ1v) is 34.2. The van der Waals surface area contributed by atoms with Crippen molar-refractivity contribution < 1.29 is 0 Å². The van der Waals surface area contributed by atoms with Crippen LogP contribution in [0.5, 0.6) is 0 Å². The molecule has 0 aliphatic carbocycles. The predicted octanol–water partition coefficient (Wildman–Crippen LogP) is 24.3. The standard InChI is InChI=1S/C93H56N8/c1-57-35-42-64(79(49-57)95-2)59-37-44-74(93(51-59)101-90-47-40-62(98-84-31-15-7-23-69(84)70-24-8-16-32-85(70)98)54-77(90)78-55-63(41-48-91(78)101)99-86-33-17-9-25-71(86)72-26-10-18-34-87(72)99)73-43-36-58(56-94)50-92(73)100-88-45-38-60(96-80-27-11-3-19-65(80)66-20-4-12-28-81(66)96)52-75(88)76-53-61(39-46-89(76)100)97-82-29-13-5-21-67(82)68-22-6-14-30-83(68)97/h3-55H,1H3. The SMILES string of the molecule is [C-]#[N+]c1cc(C)ccc1-c1ccc(-c2ccc(C#N)cc2-n2c3ccc(-n4c5ccccc5c5ccccc54)cc3c3cc(-n4c5ccccc5c5ccccc54)ccc32)c(-n2c3ccc(-n4c5ccccc5c5ccccc54)cc3c3cc(-n4c5ccccc5c5ccccc54)ccc32)c1. The Labute approximate surface area is 579 Å². The number of nitriles is 1. The largest absolute Gasteiger partial charge is 0.309 e. The first-order chi connectivity index (χ1) is 49.9. The van der Waals surface area contributed by atoms with E-state index in [-0.39, 0.29) is 0 Å². The molecule has 15 aromatic carbocycles. The fourth-order valence-corrected chi connectivity index (χ4v) is 17.0. The van der Waals surface area contributed by atoms with Crippen LogP contribution in [0, 0.1) is 24.8 Å². The Morgan fingerprint density at radius 3 is 0.842 bits per heavy atom. The minimum atomic E-state index is 0.536. The molecule has 21 rings (SSSR count). The van der Waals surface area contributed by atoms with Gasteiger partial charge in [0.2, 0.25) is 0 Å². The van der Waals surface area contributed by atoms with E-state index in [1.54, 1.807) is 0 Å². The van der Waals surface area contributed by atoms with Crippen LogP contribution in [0.1, 0.15) is 11.1 Å². The van der Waals surface area contributed by atoms with Crippen molar-refractivity contribution in [3.05, 3.63) is 344 Å². The van der Waals surface area contributed by atoms with Crippen LogP contribution in [0.15, 0.2) is 322 Å². The minimum absolute atomic E-state index is 0.536. The van der Waals surface area contributed by atoms with Crippen LogP contribution < -0.4 is 0 Å². The lowest BCUT2D eigenvalue weighted by atomic mass is 9.94. The summed E-state index contributed by atoms with van der Waals surface area (Å²) in [6, 6.07) is 119. The highest BCUT2D eigenvalue weighted by Crippen LogP contribution is 2.47. The maximum Gasteiger partial charge on any atom is 0.195 e. The molecule has 0 saturated heterocycles. The zero-order valence-corrected chi connectivity index (χ0v) is 54.7. The topological polar surface area (TPSA) is 57.7 Å². The number of nitrogens with zero attached hydrogens (tertiary/aromatic N) is 8. The van der Waals surface area contributed by atoms with Crippen LogP contribution in [0.4, 0.5) is 5.69 Å². The summed E-state index contributed by atoms with van der Waals surface area (Å²) in [5.41, 5.74) is 24.8. The third-order valence-corrected chi connectivity index (χ3v) is 21.3. The van der Waals surface area contributed by atoms with Crippen LogP contribution in [-0.4, -0.2) is 27.4 Å². The van der Waals surface area contributed by atoms with Gasteiger partial charge in [-0.15, -0.1) is 0 Å². The molecule has 0 aliphatic rings. The summed E-state index contributed by atoms with van der Waals surface area (Å²) in [6.45, 7) is 10.6. The summed E-state index contributed by atoms with van der Waals surface area (Å²) in [5, 5.41) is 25.0. The second-order valence-electron chi connectivity index (χ2n) is 26.7. The fraction of sp³-hybridized carbons (Fsp3) is 0.0108. The zero-order valence-electron chi connectivity index (χ0n) is 54.7. The summed E-state index contributed by atoms with van der Waals surface area (Å²) in [4.78, 5) is 4.17. The lowest BCUT2D eigenvalue weighted by Gasteiger charge is -2.20. The highest BCUT2D eigenvalue weighted by atomic mass is 15.0. The molecule has 0 N–H and O–H groups in total. The van der Waals surface area contributed by atoms with Gasteiger partial charge in [0, 0.05) is 98.5 Å². The van der Waals surface area contributed by atoms with Crippen LogP contribution in [-0.2, 0) is 0 Å². The number of hydrogen-bond donors (Lipinski definition) is 0. The van der Waals surface area contributed by atoms with Crippen LogP contribution in [0.2, 0.25) is 0 Å². The van der Waals surface area contributed by atoms with Crippen molar-refractivity contribution in [2.45, 2.75) is 6.92 Å². The van der Waals surface area contributed by atoms with Crippen molar-refractivity contribution in [2.75, 3.05) is 0 Å². The number of rotatable bonds is 8. The second kappa shape index (κ2) is 21.5. The van der Waals surface area contributed by atoms with E-state index in [4.69, 9.17) is 6.57 Å². The van der Waals surface area contributed by atoms with Crippen molar-refractivity contribution in [2.24, 2.45) is 0 Å². The summed E-state index contributed by atoms with van der Waals surface area (Å²) in [5.74, 6) is 0. The smallest absolute Gasteiger partial charge is 0.195 e. The monoisotopic (exact) mass is 1280 g/mol. The molecule has 0 amide bonds. The molecule has 101 heavy (non-hydrogen) atoms. The number of aryl methyl sites for hydroxylation is 1. The van der Waals surface area contributed by atoms with Crippen molar-refractivity contribution in [3.63, 3.8) is 0 Å². The summed E-state index contributed by atoms with van der Waals surface area (Å²) in [7, 11) is 0. The first-order valence-electron chi connectivity index (χ1n) is 34.2. The number of benzene rings is 15. The minimum Gasteiger partial charge on any atom is -0.309 e. The van der Waals surface area contributed by atoms with Gasteiger partial charge in [0.25, 0.3) is 0 Å². The normalized spacial score (nSPS) is 12.0. The van der Waals surface area contributed by atoms with Gasteiger partial charge in [-0.25, -0.2) is 4.85 Å². The summed E-state index contributed by atoms with van der Waals surface area (Å²) in [6.07, 6.45) is 0. The quantitative estimate of drug-likeness (QED) is 0.140. The molecule has 0 atom stereocenters. The van der Waals surface area contributed by atoms with Gasteiger partial charge in [-0.1, -0.05) is 188 Å². The lowest BCUT2D eigenvalue weighted by molar-refractivity contribution is 1.15. The highest BCUT2D eigenvalue weighted by Gasteiger charge is 2.26. The Balaban J connectivity index is 0.860. The van der Waals surface area contributed by atoms with Gasteiger partial charge in [-0.2, -0.15) is 5.26 Å². The van der Waals surface area contributed by atoms with E-state index in [1.807, 2.05) is 19.1 Å². The van der Waals surface area contributed by atoms with Crippen molar-refractivity contribution >= 4 is 137 Å². The molecule has 0 aliphatic heterocycles. The molecular weight excluding hydrogens is 1230 g/mol. The first kappa shape index (κ1) is 56.3. The highest BCUT2D eigenvalue weighted by molar-refractivity contribution is 6.17. The molecule has 0 saturated carbocycles. The van der Waals surface area contributed by atoms with Crippen LogP contribution in [0.3, 0.4) is 0 Å².